The van der Waals surface area contributed by atoms with Gasteiger partial charge in [0.15, 0.2) is 0 Å². The van der Waals surface area contributed by atoms with Crippen LogP contribution in [0.4, 0.5) is 16.2 Å². The average molecular weight is 283 g/mol. The number of primary amides is 1. The number of aliphatic hydroxyl groups is 1. The second kappa shape index (κ2) is 7.95. The van der Waals surface area contributed by atoms with Crippen molar-refractivity contribution < 1.29 is 19.6 Å². The molecule has 0 spiro atoms. The molecule has 0 aliphatic carbocycles. The van der Waals surface area contributed by atoms with Crippen LogP contribution in [0.15, 0.2) is 24.3 Å². The van der Waals surface area contributed by atoms with Gasteiger partial charge in [-0.1, -0.05) is 12.1 Å². The van der Waals surface area contributed by atoms with Gasteiger partial charge in [0, 0.05) is 12.6 Å². The Bertz CT molecular complexity index is 466. The summed E-state index contributed by atoms with van der Waals surface area (Å²) in [7, 11) is 0. The largest absolute Gasteiger partial charge is 0.444 e. The van der Waals surface area contributed by atoms with E-state index >= 15 is 0 Å². The fourth-order valence-corrected chi connectivity index (χ4v) is 1.69. The van der Waals surface area contributed by atoms with Crippen LogP contribution in [0.25, 0.3) is 0 Å². The Hall–Kier alpha value is -2.35. The number of amides is 1. The summed E-state index contributed by atoms with van der Waals surface area (Å²) in [6.07, 6.45) is -0.617. The van der Waals surface area contributed by atoms with Crippen molar-refractivity contribution in [2.75, 3.05) is 18.5 Å². The van der Waals surface area contributed by atoms with E-state index in [4.69, 9.17) is 10.8 Å². The third-order valence-electron chi connectivity index (χ3n) is 2.61. The van der Waals surface area contributed by atoms with E-state index < -0.39 is 17.1 Å². The molecule has 4 N–H and O–H groups in total. The maximum atomic E-state index is 10.8. The molecule has 110 valence electrons. The zero-order valence-corrected chi connectivity index (χ0v) is 10.8. The van der Waals surface area contributed by atoms with Crippen LogP contribution in [0.5, 0.6) is 0 Å². The van der Waals surface area contributed by atoms with Crippen molar-refractivity contribution in [3.63, 3.8) is 0 Å². The van der Waals surface area contributed by atoms with E-state index in [0.29, 0.717) is 25.1 Å². The van der Waals surface area contributed by atoms with Crippen LogP contribution in [0, 0.1) is 10.1 Å². The molecule has 0 fully saturated rings. The van der Waals surface area contributed by atoms with Crippen LogP contribution in [0.1, 0.15) is 12.8 Å². The highest BCUT2D eigenvalue weighted by molar-refractivity contribution is 5.64. The number of ether oxygens (including phenoxy) is 1. The molecule has 1 amide bonds. The molecular formula is C12H17N3O5. The van der Waals surface area contributed by atoms with Gasteiger partial charge in [-0.15, -0.1) is 0 Å². The number of para-hydroxylation sites is 2. The number of nitrogens with zero attached hydrogens (tertiary/aromatic N) is 1. The van der Waals surface area contributed by atoms with Crippen molar-refractivity contribution in [2.24, 2.45) is 5.73 Å². The van der Waals surface area contributed by atoms with E-state index in [2.05, 4.69) is 10.1 Å². The summed E-state index contributed by atoms with van der Waals surface area (Å²) in [5.74, 6) is 0. The molecule has 8 heteroatoms. The minimum atomic E-state index is -0.935. The van der Waals surface area contributed by atoms with Crippen LogP contribution < -0.4 is 11.1 Å². The molecule has 8 nitrogen and oxygen atoms in total. The van der Waals surface area contributed by atoms with E-state index in [1.807, 2.05) is 0 Å². The van der Waals surface area contributed by atoms with E-state index in [0.717, 1.165) is 0 Å². The summed E-state index contributed by atoms with van der Waals surface area (Å²) in [5, 5.41) is 22.7. The SMILES string of the molecule is NC(=O)O[C@H](CO)CCCNc1ccccc1[N+](=O)[O-]. The minimum absolute atomic E-state index is 0.000376. The number of aliphatic hydroxyl groups excluding tert-OH is 1. The van der Waals surface area contributed by atoms with Gasteiger partial charge in [0.2, 0.25) is 0 Å². The molecule has 1 rings (SSSR count). The van der Waals surface area contributed by atoms with E-state index in [9.17, 15) is 14.9 Å². The number of anilines is 1. The molecular weight excluding hydrogens is 266 g/mol. The first kappa shape index (κ1) is 15.7. The summed E-state index contributed by atoms with van der Waals surface area (Å²) in [5.41, 5.74) is 5.28. The predicted octanol–water partition coefficient (Wildman–Crippen LogP) is 1.24. The van der Waals surface area contributed by atoms with Crippen molar-refractivity contribution in [2.45, 2.75) is 18.9 Å². The highest BCUT2D eigenvalue weighted by Gasteiger charge is 2.13. The van der Waals surface area contributed by atoms with Gasteiger partial charge >= 0.3 is 6.09 Å². The minimum Gasteiger partial charge on any atom is -0.444 e. The first-order chi connectivity index (χ1) is 9.54. The molecule has 0 aliphatic heterocycles. The molecule has 0 aliphatic rings. The van der Waals surface area contributed by atoms with Crippen LogP contribution >= 0.6 is 0 Å². The molecule has 0 aromatic heterocycles. The van der Waals surface area contributed by atoms with Gasteiger partial charge < -0.3 is 20.9 Å². The standard InChI is InChI=1S/C12H17N3O5/c13-12(17)20-9(8-16)4-3-7-14-10-5-1-2-6-11(10)15(18)19/h1-2,5-6,9,14,16H,3-4,7-8H2,(H2,13,17)/t9-/m0/s1. The molecule has 0 heterocycles. The van der Waals surface area contributed by atoms with Crippen molar-refractivity contribution in [1.82, 2.24) is 0 Å². The number of hydrogen-bond acceptors (Lipinski definition) is 6. The Balaban J connectivity index is 2.41. The van der Waals surface area contributed by atoms with Gasteiger partial charge in [0.05, 0.1) is 11.5 Å². The maximum Gasteiger partial charge on any atom is 0.404 e. The normalized spacial score (nSPS) is 11.7. The Kier molecular flexibility index (Phi) is 6.24. The summed E-state index contributed by atoms with van der Waals surface area (Å²) in [6, 6.07) is 6.31. The monoisotopic (exact) mass is 283 g/mol. The van der Waals surface area contributed by atoms with Gasteiger partial charge in [-0.2, -0.15) is 0 Å². The molecule has 1 atom stereocenters. The van der Waals surface area contributed by atoms with Gasteiger partial charge in [-0.25, -0.2) is 4.79 Å². The van der Waals surface area contributed by atoms with Crippen LogP contribution in [0.2, 0.25) is 0 Å². The maximum absolute atomic E-state index is 10.8. The Labute approximate surface area is 115 Å². The summed E-state index contributed by atoms with van der Waals surface area (Å²) in [4.78, 5) is 20.9. The number of nitro benzene ring substituents is 1. The van der Waals surface area contributed by atoms with Gasteiger partial charge in [-0.05, 0) is 18.9 Å². The second-order valence-corrected chi connectivity index (χ2v) is 4.08. The van der Waals surface area contributed by atoms with Crippen molar-refractivity contribution in [3.05, 3.63) is 34.4 Å². The first-order valence-corrected chi connectivity index (χ1v) is 6.09. The van der Waals surface area contributed by atoms with E-state index in [-0.39, 0.29) is 12.3 Å². The van der Waals surface area contributed by atoms with E-state index in [1.165, 1.54) is 6.07 Å². The molecule has 20 heavy (non-hydrogen) atoms. The molecule has 0 saturated heterocycles. The van der Waals surface area contributed by atoms with Gasteiger partial charge in [0.1, 0.15) is 11.8 Å². The topological polar surface area (TPSA) is 128 Å². The lowest BCUT2D eigenvalue weighted by Crippen LogP contribution is -2.26. The van der Waals surface area contributed by atoms with Gasteiger partial charge in [-0.3, -0.25) is 10.1 Å². The van der Waals surface area contributed by atoms with Crippen molar-refractivity contribution in [1.29, 1.82) is 0 Å². The highest BCUT2D eigenvalue weighted by Crippen LogP contribution is 2.23. The van der Waals surface area contributed by atoms with Crippen LogP contribution in [0.3, 0.4) is 0 Å². The molecule has 1 aromatic rings. The van der Waals surface area contributed by atoms with E-state index in [1.54, 1.807) is 18.2 Å². The number of nitrogens with one attached hydrogen (secondary N) is 1. The number of nitrogens with two attached hydrogens (primary N) is 1. The summed E-state index contributed by atoms with van der Waals surface area (Å²) in [6.45, 7) is 0.137. The lowest BCUT2D eigenvalue weighted by Gasteiger charge is -2.14. The van der Waals surface area contributed by atoms with Crippen LogP contribution in [-0.4, -0.2) is 35.4 Å². The lowest BCUT2D eigenvalue weighted by atomic mass is 10.2. The molecule has 1 aromatic carbocycles. The van der Waals surface area contributed by atoms with Crippen molar-refractivity contribution in [3.8, 4) is 0 Å². The number of hydrogen-bond donors (Lipinski definition) is 3. The Morgan fingerprint density at radius 1 is 1.50 bits per heavy atom. The molecule has 0 saturated carbocycles. The number of carbonyl (C=O) groups excluding carboxylic acids is 1. The Morgan fingerprint density at radius 3 is 2.80 bits per heavy atom. The third-order valence-corrected chi connectivity index (χ3v) is 2.61. The van der Waals surface area contributed by atoms with Crippen LogP contribution in [-0.2, 0) is 4.74 Å². The number of carbonyl (C=O) groups is 1. The van der Waals surface area contributed by atoms with Crippen molar-refractivity contribution >= 4 is 17.5 Å². The first-order valence-electron chi connectivity index (χ1n) is 6.09. The smallest absolute Gasteiger partial charge is 0.404 e. The summed E-state index contributed by atoms with van der Waals surface area (Å²) >= 11 is 0. The zero-order chi connectivity index (χ0) is 15.0. The number of rotatable bonds is 8. The quantitative estimate of drug-likeness (QED) is 0.374. The molecule has 0 bridgehead atoms. The predicted molar refractivity (Wildman–Crippen MR) is 72.4 cm³/mol. The fourth-order valence-electron chi connectivity index (χ4n) is 1.69. The number of benzene rings is 1. The fraction of sp³-hybridized carbons (Fsp3) is 0.417. The average Bonchev–Trinajstić information content (AvgIpc) is 2.42. The molecule has 0 unspecified atom stereocenters. The zero-order valence-electron chi connectivity index (χ0n) is 10.8. The lowest BCUT2D eigenvalue weighted by molar-refractivity contribution is -0.384. The molecule has 0 radical (unpaired) electrons. The highest BCUT2D eigenvalue weighted by atomic mass is 16.6. The summed E-state index contributed by atoms with van der Waals surface area (Å²) < 4.78 is 4.67. The van der Waals surface area contributed by atoms with Gasteiger partial charge in [0.25, 0.3) is 5.69 Å². The third kappa shape index (κ3) is 5.11. The number of nitro groups is 1. The Morgan fingerprint density at radius 2 is 2.20 bits per heavy atom. The second-order valence-electron chi connectivity index (χ2n) is 4.08.